The number of amides is 1. The van der Waals surface area contributed by atoms with Gasteiger partial charge in [-0.1, -0.05) is 18.2 Å². The Morgan fingerprint density at radius 1 is 1.07 bits per heavy atom. The van der Waals surface area contributed by atoms with E-state index in [1.54, 1.807) is 11.8 Å². The monoisotopic (exact) mass is 625 g/mol. The van der Waals surface area contributed by atoms with E-state index >= 15 is 17.6 Å². The Morgan fingerprint density at radius 3 is 2.49 bits per heavy atom. The molecule has 8 bridgehead atoms. The van der Waals surface area contributed by atoms with Gasteiger partial charge in [0.2, 0.25) is 5.91 Å². The van der Waals surface area contributed by atoms with Crippen LogP contribution in [0.2, 0.25) is 0 Å². The summed E-state index contributed by atoms with van der Waals surface area (Å²) >= 11 is 0. The summed E-state index contributed by atoms with van der Waals surface area (Å²) in [4.78, 5) is 37.1. The van der Waals surface area contributed by atoms with Gasteiger partial charge in [-0.05, 0) is 65.1 Å². The van der Waals surface area contributed by atoms with E-state index in [2.05, 4.69) is 26.7 Å². The summed E-state index contributed by atoms with van der Waals surface area (Å²) in [5.74, 6) is -5.95. The number of rotatable bonds is 1. The normalized spacial score (nSPS) is 28.0. The molecule has 2 N–H and O–H groups in total. The van der Waals surface area contributed by atoms with Gasteiger partial charge in [-0.3, -0.25) is 14.2 Å². The van der Waals surface area contributed by atoms with Crippen molar-refractivity contribution >= 4 is 22.8 Å². The maximum absolute atomic E-state index is 15.9. The molecule has 2 aromatic heterocycles. The van der Waals surface area contributed by atoms with Gasteiger partial charge < -0.3 is 15.5 Å². The number of anilines is 1. The van der Waals surface area contributed by atoms with Crippen molar-refractivity contribution in [1.29, 1.82) is 5.26 Å². The predicted octanol–water partition coefficient (Wildman–Crippen LogP) is 4.71. The molecule has 1 aromatic carbocycles. The molecule has 4 aliphatic rings. The Kier molecular flexibility index (Phi) is 7.83. The predicted molar refractivity (Wildman–Crippen MR) is 159 cm³/mol. The van der Waals surface area contributed by atoms with Crippen LogP contribution in [0, 0.1) is 23.1 Å². The molecule has 7 rings (SSSR count). The van der Waals surface area contributed by atoms with Gasteiger partial charge in [0.05, 0.1) is 28.5 Å². The lowest BCUT2D eigenvalue weighted by atomic mass is 9.85. The van der Waals surface area contributed by atoms with Gasteiger partial charge in [0.15, 0.2) is 0 Å². The molecule has 0 spiro atoms. The Morgan fingerprint density at radius 2 is 1.80 bits per heavy atom. The van der Waals surface area contributed by atoms with Crippen LogP contribution in [-0.4, -0.2) is 57.2 Å². The molecule has 2 atom stereocenters. The number of aromatic nitrogens is 3. The largest absolute Gasteiger partial charge is 0.363 e. The third-order valence-corrected chi connectivity index (χ3v) is 9.49. The number of benzene rings is 1. The fraction of sp³-hybridized carbons (Fsp3) is 0.531. The number of fused-ring (bicyclic) bond motifs is 9. The first-order chi connectivity index (χ1) is 21.3. The van der Waals surface area contributed by atoms with Gasteiger partial charge in [-0.15, -0.1) is 0 Å². The summed E-state index contributed by atoms with van der Waals surface area (Å²) in [5, 5.41) is 16.0. The molecule has 0 radical (unpaired) electrons. The van der Waals surface area contributed by atoms with Crippen molar-refractivity contribution in [2.24, 2.45) is 5.92 Å². The molecule has 1 aliphatic carbocycles. The topological polar surface area (TPSA) is 116 Å². The number of hydrogen-bond donors (Lipinski definition) is 2. The maximum Gasteiger partial charge on any atom is 0.278 e. The second-order valence-electron chi connectivity index (χ2n) is 12.9. The molecule has 1 saturated carbocycles. The van der Waals surface area contributed by atoms with Crippen molar-refractivity contribution in [1.82, 2.24) is 24.8 Å². The minimum absolute atomic E-state index is 0.000860. The number of carbonyl (C=O) groups is 1. The molecule has 1 unspecified atom stereocenters. The summed E-state index contributed by atoms with van der Waals surface area (Å²) in [6, 6.07) is 6.83. The minimum atomic E-state index is -3.45. The highest BCUT2D eigenvalue weighted by molar-refractivity contribution is 5.89. The molecule has 1 amide bonds. The molecular weight excluding hydrogens is 590 g/mol. The number of alkyl halides is 3. The van der Waals surface area contributed by atoms with Crippen LogP contribution in [0.3, 0.4) is 0 Å². The van der Waals surface area contributed by atoms with Gasteiger partial charge >= 0.3 is 0 Å². The highest BCUT2D eigenvalue weighted by atomic mass is 19.3. The molecule has 5 heterocycles. The fourth-order valence-corrected chi connectivity index (χ4v) is 6.66. The van der Waals surface area contributed by atoms with E-state index in [1.807, 2.05) is 0 Å². The van der Waals surface area contributed by atoms with Crippen LogP contribution in [-0.2, 0) is 22.7 Å². The summed E-state index contributed by atoms with van der Waals surface area (Å²) in [6.45, 7) is 3.04. The molecule has 2 fully saturated rings. The second-order valence-corrected chi connectivity index (χ2v) is 12.9. The van der Waals surface area contributed by atoms with E-state index in [0.29, 0.717) is 18.2 Å². The zero-order valence-electron chi connectivity index (χ0n) is 25.2. The summed E-state index contributed by atoms with van der Waals surface area (Å²) < 4.78 is 64.4. The lowest BCUT2D eigenvalue weighted by Crippen LogP contribution is -2.46. The van der Waals surface area contributed by atoms with Gasteiger partial charge in [-0.2, -0.15) is 5.26 Å². The smallest absolute Gasteiger partial charge is 0.278 e. The zero-order chi connectivity index (χ0) is 32.1. The van der Waals surface area contributed by atoms with Gasteiger partial charge in [0.25, 0.3) is 11.5 Å². The number of pyridine rings is 1. The van der Waals surface area contributed by atoms with E-state index in [0.717, 1.165) is 10.6 Å². The number of nitriles is 1. The lowest BCUT2D eigenvalue weighted by molar-refractivity contribution is -0.121. The highest BCUT2D eigenvalue weighted by Gasteiger charge is 2.48. The standard InChI is InChI=1S/C32H35F4N7O2/c1-19-21-4-3-5-23(26(21)33)32(35,36)20-6-12-42(13-7-20)17-30(2,34)10-11-38-25(44)15-43-28-22(27(41-19)39-18-40-28)14-24(29(43)45)31(16-37)8-9-31/h3-5,14,18-20H,6-13,15,17H2,1-2H3,(H,38,44)(H,39,40,41)/t19-,30?/m1/s1. The van der Waals surface area contributed by atoms with E-state index in [1.165, 1.54) is 31.5 Å². The van der Waals surface area contributed by atoms with Crippen LogP contribution in [0.4, 0.5) is 23.4 Å². The van der Waals surface area contributed by atoms with Crippen molar-refractivity contribution in [3.8, 4) is 6.07 Å². The number of nitrogens with zero attached hydrogens (tertiary/aromatic N) is 5. The average Bonchev–Trinajstić information content (AvgIpc) is 3.79. The zero-order valence-corrected chi connectivity index (χ0v) is 25.2. The quantitative estimate of drug-likeness (QED) is 0.377. The molecule has 3 aliphatic heterocycles. The van der Waals surface area contributed by atoms with E-state index in [9.17, 15) is 14.9 Å². The van der Waals surface area contributed by atoms with Gasteiger partial charge in [0.1, 0.15) is 35.8 Å². The molecular formula is C32H35F4N7O2. The van der Waals surface area contributed by atoms with Crippen LogP contribution in [0.15, 0.2) is 35.4 Å². The summed E-state index contributed by atoms with van der Waals surface area (Å²) in [6.07, 6.45) is 2.22. The number of hydrogen-bond acceptors (Lipinski definition) is 7. The van der Waals surface area contributed by atoms with Gasteiger partial charge in [-0.25, -0.2) is 27.5 Å². The Bertz CT molecular complexity index is 1740. The lowest BCUT2D eigenvalue weighted by Gasteiger charge is -2.38. The second kappa shape index (κ2) is 11.4. The number of piperidine rings is 1. The van der Waals surface area contributed by atoms with Crippen LogP contribution in [0.25, 0.3) is 11.0 Å². The minimum Gasteiger partial charge on any atom is -0.363 e. The van der Waals surface area contributed by atoms with E-state index in [-0.39, 0.29) is 68.0 Å². The first kappa shape index (κ1) is 31.0. The van der Waals surface area contributed by atoms with Crippen molar-refractivity contribution in [2.45, 2.75) is 75.5 Å². The van der Waals surface area contributed by atoms with Crippen LogP contribution in [0.5, 0.6) is 0 Å². The summed E-state index contributed by atoms with van der Waals surface area (Å²) in [5.41, 5.74) is -3.70. The van der Waals surface area contributed by atoms with Gasteiger partial charge in [0, 0.05) is 30.1 Å². The molecule has 9 nitrogen and oxygen atoms in total. The first-order valence-electron chi connectivity index (χ1n) is 15.3. The van der Waals surface area contributed by atoms with Crippen molar-refractivity contribution in [2.75, 3.05) is 31.5 Å². The molecule has 45 heavy (non-hydrogen) atoms. The third kappa shape index (κ3) is 5.76. The van der Waals surface area contributed by atoms with Crippen LogP contribution in [0.1, 0.15) is 68.7 Å². The Hall–Kier alpha value is -4.05. The Balaban J connectivity index is 1.46. The van der Waals surface area contributed by atoms with Crippen molar-refractivity contribution < 1.29 is 22.4 Å². The number of carbonyl (C=O) groups excluding carboxylic acids is 1. The average molecular weight is 626 g/mol. The Labute approximate surface area is 257 Å². The summed E-state index contributed by atoms with van der Waals surface area (Å²) in [7, 11) is 0. The third-order valence-electron chi connectivity index (χ3n) is 9.49. The van der Waals surface area contributed by atoms with Crippen molar-refractivity contribution in [3.63, 3.8) is 0 Å². The highest BCUT2D eigenvalue weighted by Crippen LogP contribution is 2.47. The van der Waals surface area contributed by atoms with Crippen LogP contribution < -0.4 is 16.2 Å². The molecule has 13 heteroatoms. The maximum atomic E-state index is 15.9. The fourth-order valence-electron chi connectivity index (χ4n) is 6.66. The van der Waals surface area contributed by atoms with Crippen LogP contribution >= 0.6 is 0 Å². The number of nitrogens with one attached hydrogen (secondary N) is 2. The molecule has 3 aromatic rings. The van der Waals surface area contributed by atoms with E-state index in [4.69, 9.17) is 0 Å². The first-order valence-corrected chi connectivity index (χ1v) is 15.3. The van der Waals surface area contributed by atoms with Crippen molar-refractivity contribution in [3.05, 3.63) is 63.5 Å². The number of halogens is 4. The molecule has 238 valence electrons. The molecule has 1 saturated heterocycles. The van der Waals surface area contributed by atoms with E-state index < -0.39 is 58.4 Å². The SMILES string of the molecule is C[C@H]1Nc2ncnc3c2cc(C2(C#N)CC2)c(=O)n3CC(=O)NCCC(C)(F)CN2CCC(CC2)C(F)(F)c2cccc1c2F.